The molecule has 0 saturated carbocycles. The van der Waals surface area contributed by atoms with Gasteiger partial charge in [0.1, 0.15) is 5.69 Å². The molecule has 3 N–H and O–H groups in total. The second kappa shape index (κ2) is 3.73. The number of nitrogens with two attached hydrogens (primary N) is 1. The molecule has 14 heavy (non-hydrogen) atoms. The molecule has 1 rings (SSSR count). The Labute approximate surface area is 79.9 Å². The lowest BCUT2D eigenvalue weighted by Crippen LogP contribution is -2.17. The van der Waals surface area contributed by atoms with Gasteiger partial charge in [0.2, 0.25) is 0 Å². The molecule has 1 aromatic carbocycles. The molecule has 74 valence electrons. The Morgan fingerprint density at radius 1 is 1.57 bits per heavy atom. The number of nitrogens with zero attached hydrogens (tertiary/aromatic N) is 1. The van der Waals surface area contributed by atoms with Crippen molar-refractivity contribution in [1.29, 1.82) is 0 Å². The van der Waals surface area contributed by atoms with E-state index in [0.29, 0.717) is 0 Å². The van der Waals surface area contributed by atoms with Gasteiger partial charge in [-0.1, -0.05) is 0 Å². The van der Waals surface area contributed by atoms with Gasteiger partial charge in [0.15, 0.2) is 0 Å². The molecule has 0 fully saturated rings. The van der Waals surface area contributed by atoms with Gasteiger partial charge in [-0.2, -0.15) is 0 Å². The summed E-state index contributed by atoms with van der Waals surface area (Å²) in [5.41, 5.74) is 5.36. The highest BCUT2D eigenvalue weighted by molar-refractivity contribution is 5.95. The Morgan fingerprint density at radius 2 is 2.21 bits per heavy atom. The standard InChI is InChI=1S/C8H9N3O3/c1-10-8(12)5-2-3-6(9)7(4-5)11(13)14/h2-4H,9H2,1H3,(H,10,12). The quantitative estimate of drug-likeness (QED) is 0.408. The van der Waals surface area contributed by atoms with Crippen molar-refractivity contribution in [3.05, 3.63) is 33.9 Å². The van der Waals surface area contributed by atoms with E-state index in [-0.39, 0.29) is 22.8 Å². The molecule has 1 aromatic rings. The normalized spacial score (nSPS) is 9.50. The molecular formula is C8H9N3O3. The van der Waals surface area contributed by atoms with E-state index in [9.17, 15) is 14.9 Å². The molecule has 0 aliphatic carbocycles. The van der Waals surface area contributed by atoms with Gasteiger partial charge in [-0.3, -0.25) is 14.9 Å². The molecular weight excluding hydrogens is 186 g/mol. The average Bonchev–Trinajstić information content (AvgIpc) is 2.17. The van der Waals surface area contributed by atoms with Gasteiger partial charge in [0, 0.05) is 18.7 Å². The molecule has 0 bridgehead atoms. The van der Waals surface area contributed by atoms with Crippen LogP contribution in [-0.2, 0) is 0 Å². The van der Waals surface area contributed by atoms with Crippen molar-refractivity contribution >= 4 is 17.3 Å². The number of hydrogen-bond donors (Lipinski definition) is 2. The summed E-state index contributed by atoms with van der Waals surface area (Å²) in [4.78, 5) is 21.0. The molecule has 0 saturated heterocycles. The Hall–Kier alpha value is -2.11. The van der Waals surface area contributed by atoms with Crippen LogP contribution in [0, 0.1) is 10.1 Å². The Balaban J connectivity index is 3.19. The van der Waals surface area contributed by atoms with Crippen molar-refractivity contribution in [2.75, 3.05) is 12.8 Å². The highest BCUT2D eigenvalue weighted by Crippen LogP contribution is 2.21. The molecule has 6 nitrogen and oxygen atoms in total. The van der Waals surface area contributed by atoms with Crippen LogP contribution < -0.4 is 11.1 Å². The van der Waals surface area contributed by atoms with Crippen LogP contribution in [0.2, 0.25) is 0 Å². The van der Waals surface area contributed by atoms with Gasteiger partial charge in [0.25, 0.3) is 11.6 Å². The van der Waals surface area contributed by atoms with E-state index >= 15 is 0 Å². The zero-order valence-corrected chi connectivity index (χ0v) is 7.48. The Morgan fingerprint density at radius 3 is 2.71 bits per heavy atom. The lowest BCUT2D eigenvalue weighted by molar-refractivity contribution is -0.383. The maximum atomic E-state index is 11.1. The van der Waals surface area contributed by atoms with Gasteiger partial charge in [-0.05, 0) is 12.1 Å². The van der Waals surface area contributed by atoms with Crippen molar-refractivity contribution in [3.63, 3.8) is 0 Å². The number of nitro benzene ring substituents is 1. The second-order valence-electron chi connectivity index (χ2n) is 2.61. The van der Waals surface area contributed by atoms with Gasteiger partial charge < -0.3 is 11.1 Å². The van der Waals surface area contributed by atoms with Crippen LogP contribution in [0.15, 0.2) is 18.2 Å². The van der Waals surface area contributed by atoms with Crippen LogP contribution in [0.4, 0.5) is 11.4 Å². The zero-order valence-electron chi connectivity index (χ0n) is 7.48. The third-order valence-electron chi connectivity index (χ3n) is 1.72. The first kappa shape index (κ1) is 9.97. The van der Waals surface area contributed by atoms with E-state index in [0.717, 1.165) is 6.07 Å². The van der Waals surface area contributed by atoms with Crippen molar-refractivity contribution in [2.24, 2.45) is 0 Å². The lowest BCUT2D eigenvalue weighted by atomic mass is 10.1. The third kappa shape index (κ3) is 1.79. The van der Waals surface area contributed by atoms with Crippen LogP contribution in [0.5, 0.6) is 0 Å². The molecule has 0 radical (unpaired) electrons. The van der Waals surface area contributed by atoms with E-state index in [1.807, 2.05) is 0 Å². The minimum absolute atomic E-state index is 0.0441. The topological polar surface area (TPSA) is 98.3 Å². The molecule has 0 unspecified atom stereocenters. The Kier molecular flexibility index (Phi) is 2.66. The minimum Gasteiger partial charge on any atom is -0.393 e. The van der Waals surface area contributed by atoms with E-state index in [4.69, 9.17) is 5.73 Å². The largest absolute Gasteiger partial charge is 0.393 e. The molecule has 0 spiro atoms. The van der Waals surface area contributed by atoms with Crippen LogP contribution >= 0.6 is 0 Å². The number of carbonyl (C=O) groups is 1. The molecule has 0 aliphatic heterocycles. The third-order valence-corrected chi connectivity index (χ3v) is 1.72. The molecule has 0 aromatic heterocycles. The first-order valence-corrected chi connectivity index (χ1v) is 3.82. The fourth-order valence-corrected chi connectivity index (χ4v) is 0.987. The number of benzene rings is 1. The summed E-state index contributed by atoms with van der Waals surface area (Å²) in [7, 11) is 1.45. The summed E-state index contributed by atoms with van der Waals surface area (Å²) >= 11 is 0. The predicted molar refractivity (Wildman–Crippen MR) is 50.9 cm³/mol. The summed E-state index contributed by atoms with van der Waals surface area (Å²) in [5, 5.41) is 12.8. The fourth-order valence-electron chi connectivity index (χ4n) is 0.987. The maximum absolute atomic E-state index is 11.1. The summed E-state index contributed by atoms with van der Waals surface area (Å²) in [6, 6.07) is 3.91. The second-order valence-corrected chi connectivity index (χ2v) is 2.61. The van der Waals surface area contributed by atoms with Crippen molar-refractivity contribution in [3.8, 4) is 0 Å². The average molecular weight is 195 g/mol. The molecule has 6 heteroatoms. The zero-order chi connectivity index (χ0) is 10.7. The van der Waals surface area contributed by atoms with Gasteiger partial charge in [-0.25, -0.2) is 0 Å². The number of nitro groups is 1. The van der Waals surface area contributed by atoms with E-state index in [2.05, 4.69) is 5.32 Å². The smallest absolute Gasteiger partial charge is 0.292 e. The van der Waals surface area contributed by atoms with Crippen LogP contribution in [0.1, 0.15) is 10.4 Å². The van der Waals surface area contributed by atoms with Gasteiger partial charge >= 0.3 is 0 Å². The monoisotopic (exact) mass is 195 g/mol. The summed E-state index contributed by atoms with van der Waals surface area (Å²) < 4.78 is 0. The van der Waals surface area contributed by atoms with Crippen LogP contribution in [0.3, 0.4) is 0 Å². The van der Waals surface area contributed by atoms with Crippen LogP contribution in [-0.4, -0.2) is 17.9 Å². The fraction of sp³-hybridized carbons (Fsp3) is 0.125. The van der Waals surface area contributed by atoms with E-state index in [1.165, 1.54) is 19.2 Å². The van der Waals surface area contributed by atoms with E-state index in [1.54, 1.807) is 0 Å². The maximum Gasteiger partial charge on any atom is 0.292 e. The molecule has 0 heterocycles. The molecule has 0 atom stereocenters. The van der Waals surface area contributed by atoms with Crippen molar-refractivity contribution in [1.82, 2.24) is 5.32 Å². The first-order valence-electron chi connectivity index (χ1n) is 3.82. The van der Waals surface area contributed by atoms with Crippen LogP contribution in [0.25, 0.3) is 0 Å². The van der Waals surface area contributed by atoms with Crippen molar-refractivity contribution in [2.45, 2.75) is 0 Å². The predicted octanol–water partition coefficient (Wildman–Crippen LogP) is 0.537. The minimum atomic E-state index is -0.623. The van der Waals surface area contributed by atoms with Crippen molar-refractivity contribution < 1.29 is 9.72 Å². The van der Waals surface area contributed by atoms with Gasteiger partial charge in [-0.15, -0.1) is 0 Å². The molecule has 1 amide bonds. The first-order chi connectivity index (χ1) is 6.56. The highest BCUT2D eigenvalue weighted by Gasteiger charge is 2.14. The number of amides is 1. The molecule has 0 aliphatic rings. The number of rotatable bonds is 2. The summed E-state index contributed by atoms with van der Waals surface area (Å²) in [5.74, 6) is -0.381. The number of anilines is 1. The number of hydrogen-bond acceptors (Lipinski definition) is 4. The summed E-state index contributed by atoms with van der Waals surface area (Å²) in [6.07, 6.45) is 0. The van der Waals surface area contributed by atoms with E-state index < -0.39 is 4.92 Å². The van der Waals surface area contributed by atoms with Gasteiger partial charge in [0.05, 0.1) is 4.92 Å². The number of nitrogens with one attached hydrogen (secondary N) is 1. The SMILES string of the molecule is CNC(=O)c1ccc(N)c([N+](=O)[O-])c1. The lowest BCUT2D eigenvalue weighted by Gasteiger charge is -2.01. The summed E-state index contributed by atoms with van der Waals surface area (Å²) in [6.45, 7) is 0. The number of nitrogen functional groups attached to an aromatic ring is 1. The Bertz CT molecular complexity index is 389. The number of carbonyl (C=O) groups excluding carboxylic acids is 1. The highest BCUT2D eigenvalue weighted by atomic mass is 16.6.